The standard InChI is InChI=1S/C13H9F2N3O3/c1-17(8-2-4-16-5-3-8)13(19)9-6-10(14)11(15)7-12(9)18(20)21/h2-7H,1H3. The Labute approximate surface area is 117 Å². The lowest BCUT2D eigenvalue weighted by molar-refractivity contribution is -0.385. The van der Waals surface area contributed by atoms with Crippen LogP contribution in [0.4, 0.5) is 20.2 Å². The number of rotatable bonds is 3. The van der Waals surface area contributed by atoms with Gasteiger partial charge in [-0.05, 0) is 18.2 Å². The van der Waals surface area contributed by atoms with E-state index in [1.54, 1.807) is 0 Å². The monoisotopic (exact) mass is 293 g/mol. The lowest BCUT2D eigenvalue weighted by atomic mass is 10.1. The molecule has 21 heavy (non-hydrogen) atoms. The molecule has 2 rings (SSSR count). The number of nitro benzene ring substituents is 1. The van der Waals surface area contributed by atoms with Gasteiger partial charge in [0.05, 0.1) is 11.0 Å². The first-order valence-electron chi connectivity index (χ1n) is 5.73. The van der Waals surface area contributed by atoms with Crippen molar-refractivity contribution >= 4 is 17.3 Å². The highest BCUT2D eigenvalue weighted by molar-refractivity contribution is 6.08. The van der Waals surface area contributed by atoms with Gasteiger partial charge in [-0.2, -0.15) is 0 Å². The molecular weight excluding hydrogens is 284 g/mol. The highest BCUT2D eigenvalue weighted by Gasteiger charge is 2.26. The molecular formula is C13H9F2N3O3. The zero-order valence-corrected chi connectivity index (χ0v) is 10.8. The van der Waals surface area contributed by atoms with E-state index in [1.807, 2.05) is 0 Å². The van der Waals surface area contributed by atoms with E-state index in [0.717, 1.165) is 4.90 Å². The van der Waals surface area contributed by atoms with E-state index in [-0.39, 0.29) is 0 Å². The molecule has 1 amide bonds. The summed E-state index contributed by atoms with van der Waals surface area (Å²) < 4.78 is 26.4. The predicted molar refractivity (Wildman–Crippen MR) is 70.0 cm³/mol. The fourth-order valence-corrected chi connectivity index (χ4v) is 1.72. The van der Waals surface area contributed by atoms with Crippen LogP contribution in [0.15, 0.2) is 36.7 Å². The number of carbonyl (C=O) groups is 1. The third-order valence-electron chi connectivity index (χ3n) is 2.82. The molecule has 1 heterocycles. The molecule has 8 heteroatoms. The van der Waals surface area contributed by atoms with Gasteiger partial charge >= 0.3 is 0 Å². The Bertz CT molecular complexity index is 707. The van der Waals surface area contributed by atoms with E-state index >= 15 is 0 Å². The van der Waals surface area contributed by atoms with Gasteiger partial charge in [-0.15, -0.1) is 0 Å². The van der Waals surface area contributed by atoms with Gasteiger partial charge in [0.2, 0.25) is 0 Å². The summed E-state index contributed by atoms with van der Waals surface area (Å²) in [4.78, 5) is 27.1. The molecule has 1 aromatic carbocycles. The van der Waals surface area contributed by atoms with Crippen LogP contribution in [0.3, 0.4) is 0 Å². The summed E-state index contributed by atoms with van der Waals surface area (Å²) in [5.41, 5.74) is -0.910. The highest BCUT2D eigenvalue weighted by Crippen LogP contribution is 2.25. The van der Waals surface area contributed by atoms with E-state index in [9.17, 15) is 23.7 Å². The van der Waals surface area contributed by atoms with Crippen molar-refractivity contribution < 1.29 is 18.5 Å². The Morgan fingerprint density at radius 1 is 1.24 bits per heavy atom. The Morgan fingerprint density at radius 2 is 1.81 bits per heavy atom. The average Bonchev–Trinajstić information content (AvgIpc) is 2.48. The van der Waals surface area contributed by atoms with E-state index in [4.69, 9.17) is 0 Å². The number of hydrogen-bond acceptors (Lipinski definition) is 4. The first kappa shape index (κ1) is 14.5. The van der Waals surface area contributed by atoms with Crippen LogP contribution in [0.25, 0.3) is 0 Å². The lowest BCUT2D eigenvalue weighted by Crippen LogP contribution is -2.27. The number of nitro groups is 1. The maximum Gasteiger partial charge on any atom is 0.285 e. The SMILES string of the molecule is CN(C(=O)c1cc(F)c(F)cc1[N+](=O)[O-])c1ccncc1. The van der Waals surface area contributed by atoms with Gasteiger partial charge < -0.3 is 4.90 Å². The van der Waals surface area contributed by atoms with Crippen molar-refractivity contribution in [3.63, 3.8) is 0 Å². The molecule has 108 valence electrons. The molecule has 0 fully saturated rings. The molecule has 2 aromatic rings. The van der Waals surface area contributed by atoms with Crippen LogP contribution in [-0.4, -0.2) is 22.9 Å². The van der Waals surface area contributed by atoms with Crippen molar-refractivity contribution in [2.45, 2.75) is 0 Å². The fourth-order valence-electron chi connectivity index (χ4n) is 1.72. The van der Waals surface area contributed by atoms with E-state index in [2.05, 4.69) is 4.98 Å². The Balaban J connectivity index is 2.48. The number of nitrogens with zero attached hydrogens (tertiary/aromatic N) is 3. The number of amides is 1. The summed E-state index contributed by atoms with van der Waals surface area (Å²) in [6.07, 6.45) is 2.86. The van der Waals surface area contributed by atoms with Crippen molar-refractivity contribution in [3.8, 4) is 0 Å². The molecule has 0 aliphatic rings. The smallest absolute Gasteiger partial charge is 0.285 e. The normalized spacial score (nSPS) is 10.2. The van der Waals surface area contributed by atoms with Crippen LogP contribution in [0.2, 0.25) is 0 Å². The molecule has 0 N–H and O–H groups in total. The quantitative estimate of drug-likeness (QED) is 0.643. The zero-order valence-electron chi connectivity index (χ0n) is 10.8. The number of aromatic nitrogens is 1. The minimum absolute atomic E-state index is 0.392. The summed E-state index contributed by atoms with van der Waals surface area (Å²) in [6.45, 7) is 0. The molecule has 0 spiro atoms. The van der Waals surface area contributed by atoms with Crippen LogP contribution in [0.1, 0.15) is 10.4 Å². The van der Waals surface area contributed by atoms with Crippen LogP contribution in [0, 0.1) is 21.7 Å². The van der Waals surface area contributed by atoms with Gasteiger partial charge in [0.1, 0.15) is 5.56 Å². The number of pyridine rings is 1. The third-order valence-corrected chi connectivity index (χ3v) is 2.82. The largest absolute Gasteiger partial charge is 0.311 e. The number of halogens is 2. The van der Waals surface area contributed by atoms with Crippen molar-refractivity contribution in [1.29, 1.82) is 0 Å². The van der Waals surface area contributed by atoms with Crippen molar-refractivity contribution in [2.75, 3.05) is 11.9 Å². The fraction of sp³-hybridized carbons (Fsp3) is 0.0769. The molecule has 0 radical (unpaired) electrons. The van der Waals surface area contributed by atoms with Crippen LogP contribution in [-0.2, 0) is 0 Å². The Hall–Kier alpha value is -2.90. The van der Waals surface area contributed by atoms with Crippen molar-refractivity contribution in [2.24, 2.45) is 0 Å². The topological polar surface area (TPSA) is 76.3 Å². The highest BCUT2D eigenvalue weighted by atomic mass is 19.2. The number of hydrogen-bond donors (Lipinski definition) is 0. The van der Waals surface area contributed by atoms with Gasteiger partial charge in [0.15, 0.2) is 11.6 Å². The average molecular weight is 293 g/mol. The summed E-state index contributed by atoms with van der Waals surface area (Å²) in [5.74, 6) is -3.54. The minimum atomic E-state index is -1.38. The molecule has 0 bridgehead atoms. The first-order chi connectivity index (χ1) is 9.91. The maximum atomic E-state index is 13.3. The molecule has 0 aliphatic carbocycles. The molecule has 0 atom stereocenters. The molecule has 0 aliphatic heterocycles. The van der Waals surface area contributed by atoms with Crippen LogP contribution in [0.5, 0.6) is 0 Å². The molecule has 0 saturated heterocycles. The van der Waals surface area contributed by atoms with Crippen LogP contribution < -0.4 is 4.90 Å². The van der Waals surface area contributed by atoms with Crippen LogP contribution >= 0.6 is 0 Å². The van der Waals surface area contributed by atoms with Gasteiger partial charge in [-0.1, -0.05) is 0 Å². The molecule has 0 unspecified atom stereocenters. The van der Waals surface area contributed by atoms with E-state index in [0.29, 0.717) is 17.8 Å². The predicted octanol–water partition coefficient (Wildman–Crippen LogP) is 2.54. The molecule has 6 nitrogen and oxygen atoms in total. The second-order valence-electron chi connectivity index (χ2n) is 4.11. The summed E-state index contributed by atoms with van der Waals surface area (Å²) in [5, 5.41) is 10.9. The summed E-state index contributed by atoms with van der Waals surface area (Å²) >= 11 is 0. The second-order valence-corrected chi connectivity index (χ2v) is 4.11. The zero-order chi connectivity index (χ0) is 15.6. The van der Waals surface area contributed by atoms with Gasteiger partial charge in [0, 0.05) is 25.1 Å². The third kappa shape index (κ3) is 2.83. The Kier molecular flexibility index (Phi) is 3.88. The maximum absolute atomic E-state index is 13.3. The van der Waals surface area contributed by atoms with E-state index < -0.39 is 33.7 Å². The minimum Gasteiger partial charge on any atom is -0.311 e. The second kappa shape index (κ2) is 5.61. The lowest BCUT2D eigenvalue weighted by Gasteiger charge is -2.17. The van der Waals surface area contributed by atoms with Crippen molar-refractivity contribution in [1.82, 2.24) is 4.98 Å². The number of carbonyl (C=O) groups excluding carboxylic acids is 1. The van der Waals surface area contributed by atoms with E-state index in [1.165, 1.54) is 31.6 Å². The first-order valence-corrected chi connectivity index (χ1v) is 5.73. The Morgan fingerprint density at radius 3 is 2.38 bits per heavy atom. The van der Waals surface area contributed by atoms with Crippen molar-refractivity contribution in [3.05, 3.63) is 64.0 Å². The summed E-state index contributed by atoms with van der Waals surface area (Å²) in [7, 11) is 1.36. The van der Waals surface area contributed by atoms with Gasteiger partial charge in [0.25, 0.3) is 11.6 Å². The molecule has 0 saturated carbocycles. The number of benzene rings is 1. The molecule has 1 aromatic heterocycles. The van der Waals surface area contributed by atoms with Gasteiger partial charge in [-0.25, -0.2) is 8.78 Å². The summed E-state index contributed by atoms with van der Waals surface area (Å²) in [6, 6.07) is 3.92. The van der Waals surface area contributed by atoms with Gasteiger partial charge in [-0.3, -0.25) is 19.9 Å². The number of anilines is 1.